The summed E-state index contributed by atoms with van der Waals surface area (Å²) in [6, 6.07) is 9.42. The van der Waals surface area contributed by atoms with Crippen LogP contribution in [0.3, 0.4) is 0 Å². The summed E-state index contributed by atoms with van der Waals surface area (Å²) in [5.41, 5.74) is 1.33. The number of aromatic nitrogens is 3. The minimum atomic E-state index is -0.0705. The Labute approximate surface area is 112 Å². The molecular weight excluding hydrogens is 258 g/mol. The number of para-hydroxylation sites is 1. The predicted molar refractivity (Wildman–Crippen MR) is 76.9 cm³/mol. The van der Waals surface area contributed by atoms with Crippen molar-refractivity contribution in [3.63, 3.8) is 0 Å². The van der Waals surface area contributed by atoms with E-state index in [1.807, 2.05) is 31.2 Å². The van der Waals surface area contributed by atoms with Crippen molar-refractivity contribution in [1.82, 2.24) is 14.4 Å². The van der Waals surface area contributed by atoms with Crippen LogP contribution < -0.4 is 5.56 Å². The standard InChI is InChI=1S/C14H9N3OS/c1-8-6-10-12-16-11-5-3-2-4-9(11)14(18)17(12)7-15-13(10)19-8/h2-7H,1H3. The first-order chi connectivity index (χ1) is 9.24. The maximum atomic E-state index is 12.4. The van der Waals surface area contributed by atoms with Crippen LogP contribution in [0.4, 0.5) is 0 Å². The summed E-state index contributed by atoms with van der Waals surface area (Å²) < 4.78 is 1.52. The Kier molecular flexibility index (Phi) is 2.02. The molecule has 0 aliphatic rings. The van der Waals surface area contributed by atoms with Crippen LogP contribution in [-0.4, -0.2) is 14.4 Å². The van der Waals surface area contributed by atoms with Gasteiger partial charge in [0.2, 0.25) is 0 Å². The third-order valence-corrected chi connectivity index (χ3v) is 4.13. The van der Waals surface area contributed by atoms with Crippen molar-refractivity contribution < 1.29 is 0 Å². The fourth-order valence-electron chi connectivity index (χ4n) is 2.31. The van der Waals surface area contributed by atoms with Crippen molar-refractivity contribution in [2.45, 2.75) is 6.92 Å². The van der Waals surface area contributed by atoms with Crippen molar-refractivity contribution >= 4 is 38.1 Å². The molecule has 0 aliphatic carbocycles. The molecule has 4 nitrogen and oxygen atoms in total. The second-order valence-corrected chi connectivity index (χ2v) is 5.68. The first kappa shape index (κ1) is 10.6. The molecule has 0 atom stereocenters. The van der Waals surface area contributed by atoms with E-state index in [0.29, 0.717) is 11.0 Å². The predicted octanol–water partition coefficient (Wildman–Crippen LogP) is 2.77. The van der Waals surface area contributed by atoms with E-state index in [4.69, 9.17) is 0 Å². The van der Waals surface area contributed by atoms with Crippen molar-refractivity contribution in [2.75, 3.05) is 0 Å². The van der Waals surface area contributed by atoms with Crippen LogP contribution in [0, 0.1) is 6.92 Å². The number of aryl methyl sites for hydroxylation is 1. The van der Waals surface area contributed by atoms with Gasteiger partial charge < -0.3 is 0 Å². The summed E-state index contributed by atoms with van der Waals surface area (Å²) in [6.45, 7) is 2.03. The molecule has 92 valence electrons. The minimum absolute atomic E-state index is 0.0705. The molecular formula is C14H9N3OS. The zero-order valence-corrected chi connectivity index (χ0v) is 10.9. The number of rotatable bonds is 0. The lowest BCUT2D eigenvalue weighted by molar-refractivity contribution is 1.04. The van der Waals surface area contributed by atoms with Crippen LogP contribution in [0.15, 0.2) is 41.5 Å². The highest BCUT2D eigenvalue weighted by Gasteiger charge is 2.10. The third-order valence-electron chi connectivity index (χ3n) is 3.17. The maximum absolute atomic E-state index is 12.4. The van der Waals surface area contributed by atoms with Crippen LogP contribution in [-0.2, 0) is 0 Å². The Bertz CT molecular complexity index is 1000. The summed E-state index contributed by atoms with van der Waals surface area (Å²) in [5.74, 6) is 0. The van der Waals surface area contributed by atoms with Crippen LogP contribution in [0.5, 0.6) is 0 Å². The molecule has 0 spiro atoms. The van der Waals surface area contributed by atoms with Crippen LogP contribution in [0.2, 0.25) is 0 Å². The number of benzene rings is 1. The normalized spacial score (nSPS) is 11.6. The smallest absolute Gasteiger partial charge is 0.266 e. The lowest BCUT2D eigenvalue weighted by atomic mass is 10.2. The van der Waals surface area contributed by atoms with Gasteiger partial charge in [0.1, 0.15) is 11.2 Å². The van der Waals surface area contributed by atoms with Crippen molar-refractivity contribution in [3.05, 3.63) is 51.9 Å². The Morgan fingerprint density at radius 1 is 1.21 bits per heavy atom. The van der Waals surface area contributed by atoms with Crippen molar-refractivity contribution in [2.24, 2.45) is 0 Å². The van der Waals surface area contributed by atoms with E-state index < -0.39 is 0 Å². The highest BCUT2D eigenvalue weighted by atomic mass is 32.1. The Hall–Kier alpha value is -2.27. The van der Waals surface area contributed by atoms with E-state index in [1.165, 1.54) is 4.40 Å². The summed E-state index contributed by atoms with van der Waals surface area (Å²) in [5, 5.41) is 1.56. The topological polar surface area (TPSA) is 47.3 Å². The quantitative estimate of drug-likeness (QED) is 0.460. The fourth-order valence-corrected chi connectivity index (χ4v) is 3.15. The van der Waals surface area contributed by atoms with Gasteiger partial charge in [-0.3, -0.25) is 4.79 Å². The first-order valence-electron chi connectivity index (χ1n) is 5.90. The zero-order chi connectivity index (χ0) is 13.0. The van der Waals surface area contributed by atoms with Gasteiger partial charge in [0.25, 0.3) is 5.56 Å². The third kappa shape index (κ3) is 1.42. The lowest BCUT2D eigenvalue weighted by Crippen LogP contribution is -2.15. The molecule has 0 fully saturated rings. The van der Waals surface area contributed by atoms with Gasteiger partial charge in [0.15, 0.2) is 5.65 Å². The minimum Gasteiger partial charge on any atom is -0.268 e. The molecule has 4 rings (SSSR count). The number of thiophene rings is 1. The molecule has 1 aromatic carbocycles. The Morgan fingerprint density at radius 2 is 2.05 bits per heavy atom. The van der Waals surface area contributed by atoms with Gasteiger partial charge in [-0.25, -0.2) is 14.4 Å². The summed E-state index contributed by atoms with van der Waals surface area (Å²) in [4.78, 5) is 23.5. The molecule has 0 radical (unpaired) electrons. The monoisotopic (exact) mass is 267 g/mol. The van der Waals surface area contributed by atoms with Crippen LogP contribution >= 0.6 is 11.3 Å². The summed E-state index contributed by atoms with van der Waals surface area (Å²) in [6.07, 6.45) is 1.56. The Morgan fingerprint density at radius 3 is 2.95 bits per heavy atom. The lowest BCUT2D eigenvalue weighted by Gasteiger charge is -2.03. The average molecular weight is 267 g/mol. The fraction of sp³-hybridized carbons (Fsp3) is 0.0714. The van der Waals surface area contributed by atoms with Crippen molar-refractivity contribution in [1.29, 1.82) is 0 Å². The molecule has 3 heterocycles. The van der Waals surface area contributed by atoms with Gasteiger partial charge in [-0.1, -0.05) is 12.1 Å². The molecule has 4 aromatic rings. The number of hydrogen-bond acceptors (Lipinski definition) is 4. The van der Waals surface area contributed by atoms with E-state index in [-0.39, 0.29) is 5.56 Å². The van der Waals surface area contributed by atoms with Gasteiger partial charge in [0, 0.05) is 4.88 Å². The van der Waals surface area contributed by atoms with E-state index in [1.54, 1.807) is 23.7 Å². The molecule has 0 N–H and O–H groups in total. The van der Waals surface area contributed by atoms with E-state index >= 15 is 0 Å². The molecule has 19 heavy (non-hydrogen) atoms. The second kappa shape index (κ2) is 3.61. The summed E-state index contributed by atoms with van der Waals surface area (Å²) >= 11 is 1.61. The van der Waals surface area contributed by atoms with E-state index in [0.717, 1.165) is 20.6 Å². The maximum Gasteiger partial charge on any atom is 0.266 e. The van der Waals surface area contributed by atoms with Gasteiger partial charge in [-0.2, -0.15) is 0 Å². The molecule has 0 saturated heterocycles. The highest BCUT2D eigenvalue weighted by molar-refractivity contribution is 7.18. The molecule has 3 aromatic heterocycles. The number of hydrogen-bond donors (Lipinski definition) is 0. The van der Waals surface area contributed by atoms with Crippen LogP contribution in [0.25, 0.3) is 26.8 Å². The Balaban J connectivity index is 2.35. The van der Waals surface area contributed by atoms with Crippen LogP contribution in [0.1, 0.15) is 4.88 Å². The van der Waals surface area contributed by atoms with Gasteiger partial charge in [-0.15, -0.1) is 11.3 Å². The largest absolute Gasteiger partial charge is 0.268 e. The van der Waals surface area contributed by atoms with Gasteiger partial charge >= 0.3 is 0 Å². The van der Waals surface area contributed by atoms with Gasteiger partial charge in [0.05, 0.1) is 16.3 Å². The molecule has 0 saturated carbocycles. The highest BCUT2D eigenvalue weighted by Crippen LogP contribution is 2.25. The molecule has 0 aliphatic heterocycles. The molecule has 0 amide bonds. The summed E-state index contributed by atoms with van der Waals surface area (Å²) in [7, 11) is 0. The van der Waals surface area contributed by atoms with Gasteiger partial charge in [-0.05, 0) is 25.1 Å². The second-order valence-electron chi connectivity index (χ2n) is 4.45. The number of fused-ring (bicyclic) bond motifs is 4. The molecule has 0 unspecified atom stereocenters. The zero-order valence-electron chi connectivity index (χ0n) is 10.1. The van der Waals surface area contributed by atoms with E-state index in [9.17, 15) is 4.79 Å². The molecule has 5 heteroatoms. The molecule has 0 bridgehead atoms. The van der Waals surface area contributed by atoms with Crippen molar-refractivity contribution in [3.8, 4) is 0 Å². The first-order valence-corrected chi connectivity index (χ1v) is 6.72. The number of nitrogens with zero attached hydrogens (tertiary/aromatic N) is 3. The average Bonchev–Trinajstić information content (AvgIpc) is 2.80. The SMILES string of the molecule is Cc1cc2c(ncn3c(=O)c4ccccc4nc23)s1. The van der Waals surface area contributed by atoms with E-state index in [2.05, 4.69) is 9.97 Å².